The molecule has 2 aromatic carbocycles. The van der Waals surface area contributed by atoms with Crippen LogP contribution in [0.4, 0.5) is 15.8 Å². The molecule has 0 atom stereocenters. The lowest BCUT2D eigenvalue weighted by molar-refractivity contribution is -0.120. The van der Waals surface area contributed by atoms with Gasteiger partial charge in [-0.3, -0.25) is 9.59 Å². The number of rotatable bonds is 4. The first-order valence-corrected chi connectivity index (χ1v) is 8.60. The maximum absolute atomic E-state index is 13.7. The maximum atomic E-state index is 13.7. The molecule has 1 aliphatic carbocycles. The summed E-state index contributed by atoms with van der Waals surface area (Å²) < 4.78 is 13.7. The quantitative estimate of drug-likeness (QED) is 0.855. The molecule has 0 bridgehead atoms. The van der Waals surface area contributed by atoms with Crippen molar-refractivity contribution in [2.75, 3.05) is 10.6 Å². The normalized spacial score (nSPS) is 14.8. The first-order chi connectivity index (χ1) is 12.1. The van der Waals surface area contributed by atoms with Crippen LogP contribution in [0.1, 0.15) is 42.5 Å². The van der Waals surface area contributed by atoms with Crippen molar-refractivity contribution in [1.29, 1.82) is 0 Å². The Morgan fingerprint density at radius 3 is 2.28 bits per heavy atom. The van der Waals surface area contributed by atoms with Crippen LogP contribution < -0.4 is 10.6 Å². The van der Waals surface area contributed by atoms with Gasteiger partial charge in [-0.1, -0.05) is 37.5 Å². The van der Waals surface area contributed by atoms with E-state index in [-0.39, 0.29) is 17.4 Å². The molecule has 0 spiro atoms. The van der Waals surface area contributed by atoms with Crippen molar-refractivity contribution in [1.82, 2.24) is 0 Å². The van der Waals surface area contributed by atoms with E-state index in [0.29, 0.717) is 11.4 Å². The molecule has 0 radical (unpaired) electrons. The largest absolute Gasteiger partial charge is 0.326 e. The highest BCUT2D eigenvalue weighted by molar-refractivity contribution is 6.04. The van der Waals surface area contributed by atoms with E-state index >= 15 is 0 Å². The Labute approximate surface area is 146 Å². The van der Waals surface area contributed by atoms with Crippen LogP contribution in [0.15, 0.2) is 48.5 Å². The molecule has 130 valence electrons. The number of nitrogens with one attached hydrogen (secondary N) is 2. The first kappa shape index (κ1) is 17.1. The lowest BCUT2D eigenvalue weighted by Gasteiger charge is -2.20. The van der Waals surface area contributed by atoms with Gasteiger partial charge in [0.15, 0.2) is 0 Å². The molecular weight excluding hydrogens is 319 g/mol. The van der Waals surface area contributed by atoms with E-state index in [2.05, 4.69) is 10.6 Å². The zero-order valence-corrected chi connectivity index (χ0v) is 13.9. The number of anilines is 2. The second-order valence-corrected chi connectivity index (χ2v) is 6.34. The van der Waals surface area contributed by atoms with E-state index in [1.807, 2.05) is 0 Å². The van der Waals surface area contributed by atoms with Gasteiger partial charge in [0, 0.05) is 17.3 Å². The molecule has 25 heavy (non-hydrogen) atoms. The van der Waals surface area contributed by atoms with Crippen molar-refractivity contribution < 1.29 is 14.0 Å². The van der Waals surface area contributed by atoms with Gasteiger partial charge in [0.25, 0.3) is 5.91 Å². The summed E-state index contributed by atoms with van der Waals surface area (Å²) in [7, 11) is 0. The van der Waals surface area contributed by atoms with Gasteiger partial charge in [-0.05, 0) is 43.2 Å². The fourth-order valence-electron chi connectivity index (χ4n) is 3.13. The Morgan fingerprint density at radius 1 is 0.880 bits per heavy atom. The van der Waals surface area contributed by atoms with Crippen LogP contribution in [0.3, 0.4) is 0 Å². The van der Waals surface area contributed by atoms with Gasteiger partial charge in [-0.15, -0.1) is 0 Å². The maximum Gasteiger partial charge on any atom is 0.258 e. The van der Waals surface area contributed by atoms with Crippen LogP contribution in [0.5, 0.6) is 0 Å². The molecule has 0 aromatic heterocycles. The van der Waals surface area contributed by atoms with Gasteiger partial charge < -0.3 is 10.6 Å². The zero-order valence-electron chi connectivity index (χ0n) is 13.9. The van der Waals surface area contributed by atoms with Gasteiger partial charge in [0.05, 0.1) is 5.56 Å². The molecule has 5 heteroatoms. The zero-order chi connectivity index (χ0) is 17.6. The van der Waals surface area contributed by atoms with Crippen molar-refractivity contribution >= 4 is 23.2 Å². The summed E-state index contributed by atoms with van der Waals surface area (Å²) in [6.45, 7) is 0. The average molecular weight is 340 g/mol. The van der Waals surface area contributed by atoms with Crippen molar-refractivity contribution in [2.45, 2.75) is 32.1 Å². The second kappa shape index (κ2) is 7.92. The number of carbonyl (C=O) groups excluding carboxylic acids is 2. The molecule has 0 aliphatic heterocycles. The molecule has 0 unspecified atom stereocenters. The lowest BCUT2D eigenvalue weighted by atomic mass is 9.88. The van der Waals surface area contributed by atoms with E-state index < -0.39 is 11.7 Å². The number of hydrogen-bond acceptors (Lipinski definition) is 2. The summed E-state index contributed by atoms with van der Waals surface area (Å²) in [5, 5.41) is 5.57. The Kier molecular flexibility index (Phi) is 5.43. The van der Waals surface area contributed by atoms with Crippen molar-refractivity contribution in [3.8, 4) is 0 Å². The van der Waals surface area contributed by atoms with Gasteiger partial charge >= 0.3 is 0 Å². The molecule has 0 saturated heterocycles. The molecular formula is C20H21FN2O2. The predicted molar refractivity (Wildman–Crippen MR) is 96.0 cm³/mol. The minimum Gasteiger partial charge on any atom is -0.326 e. The molecule has 1 saturated carbocycles. The van der Waals surface area contributed by atoms with E-state index in [1.54, 1.807) is 30.3 Å². The van der Waals surface area contributed by atoms with Gasteiger partial charge in [0.2, 0.25) is 5.91 Å². The highest BCUT2D eigenvalue weighted by Crippen LogP contribution is 2.25. The molecule has 2 amide bonds. The molecule has 4 nitrogen and oxygen atoms in total. The summed E-state index contributed by atoms with van der Waals surface area (Å²) in [5.74, 6) is -1.00. The Morgan fingerprint density at radius 2 is 1.56 bits per heavy atom. The smallest absolute Gasteiger partial charge is 0.258 e. The third-order valence-corrected chi connectivity index (χ3v) is 4.48. The summed E-state index contributed by atoms with van der Waals surface area (Å²) in [6, 6.07) is 12.7. The lowest BCUT2D eigenvalue weighted by Crippen LogP contribution is -2.24. The number of amides is 2. The van der Waals surface area contributed by atoms with Gasteiger partial charge in [-0.25, -0.2) is 4.39 Å². The van der Waals surface area contributed by atoms with Crippen LogP contribution in [-0.2, 0) is 4.79 Å². The number of benzene rings is 2. The summed E-state index contributed by atoms with van der Waals surface area (Å²) in [4.78, 5) is 24.5. The van der Waals surface area contributed by atoms with Crippen LogP contribution in [0.2, 0.25) is 0 Å². The van der Waals surface area contributed by atoms with E-state index in [0.717, 1.165) is 25.7 Å². The second-order valence-electron chi connectivity index (χ2n) is 6.34. The van der Waals surface area contributed by atoms with E-state index in [9.17, 15) is 14.0 Å². The molecule has 2 aromatic rings. The number of halogens is 1. The minimum absolute atomic E-state index is 0.0147. The summed E-state index contributed by atoms with van der Waals surface area (Å²) in [6.07, 6.45) is 5.24. The standard InChI is InChI=1S/C20H21FN2O2/c21-18-12-5-4-11-17(18)20(25)23-16-10-6-9-15(13-16)22-19(24)14-7-2-1-3-8-14/h4-6,9-14H,1-3,7-8H2,(H,22,24)(H,23,25). The summed E-state index contributed by atoms with van der Waals surface area (Å²) in [5.41, 5.74) is 1.12. The fourth-order valence-corrected chi connectivity index (χ4v) is 3.13. The minimum atomic E-state index is -0.568. The average Bonchev–Trinajstić information content (AvgIpc) is 2.63. The van der Waals surface area contributed by atoms with Crippen molar-refractivity contribution in [2.24, 2.45) is 5.92 Å². The van der Waals surface area contributed by atoms with Crippen LogP contribution >= 0.6 is 0 Å². The third-order valence-electron chi connectivity index (χ3n) is 4.48. The van der Waals surface area contributed by atoms with Crippen LogP contribution in [-0.4, -0.2) is 11.8 Å². The van der Waals surface area contributed by atoms with Gasteiger partial charge in [0.1, 0.15) is 5.82 Å². The summed E-state index contributed by atoms with van der Waals surface area (Å²) >= 11 is 0. The fraction of sp³-hybridized carbons (Fsp3) is 0.300. The topological polar surface area (TPSA) is 58.2 Å². The van der Waals surface area contributed by atoms with Gasteiger partial charge in [-0.2, -0.15) is 0 Å². The number of carbonyl (C=O) groups is 2. The van der Waals surface area contributed by atoms with Crippen LogP contribution in [0.25, 0.3) is 0 Å². The molecule has 3 rings (SSSR count). The van der Waals surface area contributed by atoms with E-state index in [1.165, 1.54) is 24.6 Å². The first-order valence-electron chi connectivity index (χ1n) is 8.60. The third kappa shape index (κ3) is 4.44. The monoisotopic (exact) mass is 340 g/mol. The Hall–Kier alpha value is -2.69. The Bertz CT molecular complexity index is 770. The molecule has 1 aliphatic rings. The van der Waals surface area contributed by atoms with Crippen LogP contribution in [0, 0.1) is 11.7 Å². The highest BCUT2D eigenvalue weighted by atomic mass is 19.1. The SMILES string of the molecule is O=C(Nc1cccc(NC(=O)C2CCCCC2)c1)c1ccccc1F. The van der Waals surface area contributed by atoms with Crippen molar-refractivity contribution in [3.05, 3.63) is 59.9 Å². The number of hydrogen-bond donors (Lipinski definition) is 2. The predicted octanol–water partition coefficient (Wildman–Crippen LogP) is 4.60. The molecule has 2 N–H and O–H groups in total. The highest BCUT2D eigenvalue weighted by Gasteiger charge is 2.21. The van der Waals surface area contributed by atoms with Crippen molar-refractivity contribution in [3.63, 3.8) is 0 Å². The molecule has 0 heterocycles. The molecule has 1 fully saturated rings. The Balaban J connectivity index is 1.66. The van der Waals surface area contributed by atoms with E-state index in [4.69, 9.17) is 0 Å².